The Kier molecular flexibility index (Phi) is 5.13. The number of carbonyl (C=O) groups excluding carboxylic acids is 1. The van der Waals surface area contributed by atoms with Crippen molar-refractivity contribution in [2.75, 3.05) is 0 Å². The van der Waals surface area contributed by atoms with Gasteiger partial charge in [-0.1, -0.05) is 48.5 Å². The molecule has 0 radical (unpaired) electrons. The van der Waals surface area contributed by atoms with Crippen molar-refractivity contribution in [1.82, 2.24) is 0 Å². The van der Waals surface area contributed by atoms with Crippen LogP contribution in [0.15, 0.2) is 0 Å². The van der Waals surface area contributed by atoms with Gasteiger partial charge in [0.2, 0.25) is 0 Å². The number of hydrogen-bond acceptors (Lipinski definition) is 2. The van der Waals surface area contributed by atoms with Crippen LogP contribution in [0.3, 0.4) is 0 Å². The summed E-state index contributed by atoms with van der Waals surface area (Å²) in [5.74, 6) is 2.36. The molecule has 0 heterocycles. The maximum absolute atomic E-state index is 12.9. The molecular formula is C30H48O3. The largest absolute Gasteiger partial charge is 0.481 e. The van der Waals surface area contributed by atoms with E-state index in [1.807, 2.05) is 6.92 Å². The van der Waals surface area contributed by atoms with Gasteiger partial charge in [-0.15, -0.1) is 0 Å². The lowest BCUT2D eigenvalue weighted by Gasteiger charge is -2.72. The van der Waals surface area contributed by atoms with E-state index in [0.717, 1.165) is 19.3 Å². The Morgan fingerprint density at radius 2 is 1.55 bits per heavy atom. The van der Waals surface area contributed by atoms with E-state index in [9.17, 15) is 14.7 Å². The zero-order chi connectivity index (χ0) is 24.2. The highest BCUT2D eigenvalue weighted by Gasteiger charge is 2.70. The maximum Gasteiger partial charge on any atom is 0.306 e. The molecule has 0 aromatic carbocycles. The first-order valence-electron chi connectivity index (χ1n) is 14.0. The Bertz CT molecular complexity index is 861. The van der Waals surface area contributed by atoms with Crippen molar-refractivity contribution in [3.05, 3.63) is 0 Å². The fraction of sp³-hybridized carbons (Fsp3) is 0.933. The van der Waals surface area contributed by atoms with Gasteiger partial charge in [0.05, 0.1) is 5.92 Å². The molecule has 0 aromatic rings. The molecule has 0 amide bonds. The van der Waals surface area contributed by atoms with Crippen LogP contribution in [0.2, 0.25) is 0 Å². The summed E-state index contributed by atoms with van der Waals surface area (Å²) < 4.78 is 0. The molecule has 0 bridgehead atoms. The number of Topliss-reactive ketones (excluding diaryl/α,β-unsaturated/α-hetero) is 1. The fourth-order valence-electron chi connectivity index (χ4n) is 11.5. The number of aliphatic carboxylic acids is 1. The lowest BCUT2D eigenvalue weighted by Crippen LogP contribution is -2.66. The molecular weight excluding hydrogens is 408 g/mol. The molecule has 3 heteroatoms. The summed E-state index contributed by atoms with van der Waals surface area (Å²) in [5, 5.41) is 9.92. The standard InChI is InChI=1S/C30H48O3/c1-18(25(32)33)19-10-13-27(4)16-17-29(6)20(24(19)27)8-9-22-28(5)14-12-23(31)26(2,3)21(28)11-15-30(22,29)7/h18-22,24H,8-17H2,1-7H3,(H,32,33)/t18-,19-,20+,21-,22+,24+,27+,28-,29+,30+/m0/s1. The van der Waals surface area contributed by atoms with E-state index in [1.165, 1.54) is 44.9 Å². The molecule has 5 rings (SSSR count). The van der Waals surface area contributed by atoms with Gasteiger partial charge in [-0.25, -0.2) is 0 Å². The van der Waals surface area contributed by atoms with Crippen LogP contribution in [-0.2, 0) is 9.59 Å². The van der Waals surface area contributed by atoms with E-state index < -0.39 is 5.97 Å². The third-order valence-corrected chi connectivity index (χ3v) is 13.7. The number of carboxylic acids is 1. The van der Waals surface area contributed by atoms with Crippen LogP contribution in [0.4, 0.5) is 0 Å². The van der Waals surface area contributed by atoms with Gasteiger partial charge >= 0.3 is 5.97 Å². The topological polar surface area (TPSA) is 54.4 Å². The molecule has 5 fully saturated rings. The first kappa shape index (κ1) is 23.9. The van der Waals surface area contributed by atoms with Crippen LogP contribution < -0.4 is 0 Å². The first-order chi connectivity index (χ1) is 15.2. The molecule has 186 valence electrons. The van der Waals surface area contributed by atoms with Crippen molar-refractivity contribution < 1.29 is 14.7 Å². The molecule has 10 atom stereocenters. The zero-order valence-electron chi connectivity index (χ0n) is 22.3. The van der Waals surface area contributed by atoms with Crippen LogP contribution in [-0.4, -0.2) is 16.9 Å². The second-order valence-corrected chi connectivity index (χ2v) is 14.8. The number of rotatable bonds is 2. The van der Waals surface area contributed by atoms with Crippen molar-refractivity contribution in [3.63, 3.8) is 0 Å². The molecule has 0 spiro atoms. The highest BCUT2D eigenvalue weighted by Crippen LogP contribution is 2.77. The predicted octanol–water partition coefficient (Wildman–Crippen LogP) is 7.38. The summed E-state index contributed by atoms with van der Waals surface area (Å²) in [6.07, 6.45) is 11.7. The lowest BCUT2D eigenvalue weighted by molar-refractivity contribution is -0.234. The summed E-state index contributed by atoms with van der Waals surface area (Å²) >= 11 is 0. The van der Waals surface area contributed by atoms with Gasteiger partial charge in [0.15, 0.2) is 0 Å². The Balaban J connectivity index is 1.54. The van der Waals surface area contributed by atoms with E-state index in [1.54, 1.807) is 0 Å². The molecule has 0 saturated heterocycles. The first-order valence-corrected chi connectivity index (χ1v) is 14.0. The monoisotopic (exact) mass is 456 g/mol. The summed E-state index contributed by atoms with van der Waals surface area (Å²) in [6, 6.07) is 0. The number of ketones is 1. The Morgan fingerprint density at radius 3 is 2.21 bits per heavy atom. The van der Waals surface area contributed by atoms with Crippen molar-refractivity contribution in [3.8, 4) is 0 Å². The summed E-state index contributed by atoms with van der Waals surface area (Å²) in [4.78, 5) is 25.0. The molecule has 5 saturated carbocycles. The number of hydrogen-bond donors (Lipinski definition) is 1. The minimum atomic E-state index is -0.599. The van der Waals surface area contributed by atoms with E-state index in [0.29, 0.717) is 46.2 Å². The quantitative estimate of drug-likeness (QED) is 0.471. The Hall–Kier alpha value is -0.860. The van der Waals surface area contributed by atoms with Crippen LogP contribution in [0.5, 0.6) is 0 Å². The van der Waals surface area contributed by atoms with Crippen molar-refractivity contribution in [2.45, 2.75) is 113 Å². The molecule has 5 aliphatic carbocycles. The highest BCUT2D eigenvalue weighted by molar-refractivity contribution is 5.85. The molecule has 0 aromatic heterocycles. The summed E-state index contributed by atoms with van der Waals surface area (Å²) in [7, 11) is 0. The molecule has 1 N–H and O–H groups in total. The molecule has 3 nitrogen and oxygen atoms in total. The number of carboxylic acid groups (broad SMARTS) is 1. The lowest BCUT2D eigenvalue weighted by atomic mass is 9.32. The number of fused-ring (bicyclic) bond motifs is 7. The van der Waals surface area contributed by atoms with Gasteiger partial charge in [-0.05, 0) is 109 Å². The normalized spacial score (nSPS) is 53.9. The van der Waals surface area contributed by atoms with Crippen molar-refractivity contribution in [2.24, 2.45) is 62.6 Å². The average molecular weight is 457 g/mol. The summed E-state index contributed by atoms with van der Waals surface area (Å²) in [6.45, 7) is 16.7. The zero-order valence-corrected chi connectivity index (χ0v) is 22.3. The van der Waals surface area contributed by atoms with Crippen LogP contribution in [0.1, 0.15) is 113 Å². The van der Waals surface area contributed by atoms with Gasteiger partial charge in [-0.2, -0.15) is 0 Å². The SMILES string of the molecule is C[C@H](C(=O)O)[C@@H]1CC[C@]2(C)CC[C@]3(C)[C@H](CC[C@@H]4[C@@]5(C)CCC(=O)C(C)(C)[C@@H]5CC[C@]43C)[C@@H]12. The van der Waals surface area contributed by atoms with E-state index in [-0.39, 0.29) is 22.2 Å². The van der Waals surface area contributed by atoms with E-state index >= 15 is 0 Å². The van der Waals surface area contributed by atoms with Gasteiger partial charge in [-0.3, -0.25) is 9.59 Å². The number of carbonyl (C=O) groups is 2. The predicted molar refractivity (Wildman–Crippen MR) is 132 cm³/mol. The summed E-state index contributed by atoms with van der Waals surface area (Å²) in [5.41, 5.74) is 0.953. The molecule has 0 aliphatic heterocycles. The van der Waals surface area contributed by atoms with Crippen LogP contribution >= 0.6 is 0 Å². The average Bonchev–Trinajstić information content (AvgIpc) is 3.08. The Morgan fingerprint density at radius 1 is 0.848 bits per heavy atom. The third kappa shape index (κ3) is 2.86. The fourth-order valence-corrected chi connectivity index (χ4v) is 11.5. The van der Waals surface area contributed by atoms with Gasteiger partial charge < -0.3 is 5.11 Å². The molecule has 0 unspecified atom stereocenters. The molecule has 33 heavy (non-hydrogen) atoms. The Labute approximate surface area is 201 Å². The van der Waals surface area contributed by atoms with Crippen LogP contribution in [0.25, 0.3) is 0 Å². The van der Waals surface area contributed by atoms with E-state index in [2.05, 4.69) is 41.5 Å². The van der Waals surface area contributed by atoms with Gasteiger partial charge in [0, 0.05) is 11.8 Å². The van der Waals surface area contributed by atoms with Crippen molar-refractivity contribution in [1.29, 1.82) is 0 Å². The second kappa shape index (κ2) is 7.10. The van der Waals surface area contributed by atoms with Crippen molar-refractivity contribution >= 4 is 11.8 Å². The minimum Gasteiger partial charge on any atom is -0.481 e. The van der Waals surface area contributed by atoms with Gasteiger partial charge in [0.25, 0.3) is 0 Å². The maximum atomic E-state index is 12.9. The smallest absolute Gasteiger partial charge is 0.306 e. The van der Waals surface area contributed by atoms with Crippen LogP contribution in [0, 0.1) is 62.6 Å². The second-order valence-electron chi connectivity index (χ2n) is 14.8. The third-order valence-electron chi connectivity index (χ3n) is 13.7. The molecule has 5 aliphatic rings. The van der Waals surface area contributed by atoms with Gasteiger partial charge in [0.1, 0.15) is 5.78 Å². The highest BCUT2D eigenvalue weighted by atomic mass is 16.4. The van der Waals surface area contributed by atoms with E-state index in [4.69, 9.17) is 0 Å². The minimum absolute atomic E-state index is 0.190.